The van der Waals surface area contributed by atoms with Gasteiger partial charge in [-0.3, -0.25) is 4.79 Å². The van der Waals surface area contributed by atoms with E-state index in [1.807, 2.05) is 6.20 Å². The Balaban J connectivity index is 1.55. The van der Waals surface area contributed by atoms with Crippen molar-refractivity contribution >= 4 is 5.91 Å². The van der Waals surface area contributed by atoms with Crippen molar-refractivity contribution in [3.8, 4) is 0 Å². The molecule has 0 unspecified atom stereocenters. The van der Waals surface area contributed by atoms with Gasteiger partial charge in [-0.25, -0.2) is 4.98 Å². The highest BCUT2D eigenvalue weighted by molar-refractivity contribution is 5.79. The number of aryl methyl sites for hydroxylation is 1. The molecule has 0 saturated carbocycles. The summed E-state index contributed by atoms with van der Waals surface area (Å²) >= 11 is 0. The summed E-state index contributed by atoms with van der Waals surface area (Å²) in [7, 11) is 0. The van der Waals surface area contributed by atoms with E-state index in [1.54, 1.807) is 0 Å². The molecule has 0 aromatic carbocycles. The van der Waals surface area contributed by atoms with Crippen LogP contribution in [-0.2, 0) is 16.1 Å². The zero-order valence-electron chi connectivity index (χ0n) is 13.3. The molecule has 3 rings (SSSR count). The van der Waals surface area contributed by atoms with Gasteiger partial charge < -0.3 is 14.6 Å². The number of hydrogen-bond acceptors (Lipinski definition) is 3. The molecule has 120 valence electrons. The van der Waals surface area contributed by atoms with E-state index in [9.17, 15) is 4.79 Å². The molecule has 2 heterocycles. The Labute approximate surface area is 131 Å². The first kappa shape index (κ1) is 15.3. The minimum absolute atomic E-state index is 0.138. The van der Waals surface area contributed by atoms with Gasteiger partial charge in [0.05, 0.1) is 0 Å². The van der Waals surface area contributed by atoms with Gasteiger partial charge in [0.2, 0.25) is 5.91 Å². The van der Waals surface area contributed by atoms with E-state index in [2.05, 4.69) is 33.9 Å². The summed E-state index contributed by atoms with van der Waals surface area (Å²) in [5.74, 6) is 1.95. The van der Waals surface area contributed by atoms with Crippen LogP contribution in [0.1, 0.15) is 43.1 Å². The van der Waals surface area contributed by atoms with E-state index in [1.165, 1.54) is 5.69 Å². The second-order valence-electron chi connectivity index (χ2n) is 6.23. The summed E-state index contributed by atoms with van der Waals surface area (Å²) in [4.78, 5) is 16.7. The van der Waals surface area contributed by atoms with Crippen molar-refractivity contribution in [3.05, 3.63) is 29.9 Å². The fraction of sp³-hybridized carbons (Fsp3) is 0.647. The van der Waals surface area contributed by atoms with Gasteiger partial charge in [-0.05, 0) is 32.6 Å². The van der Waals surface area contributed by atoms with Crippen LogP contribution >= 0.6 is 0 Å². The summed E-state index contributed by atoms with van der Waals surface area (Å²) in [5, 5.41) is 3.07. The number of allylic oxidation sites excluding steroid dienone is 2. The molecule has 0 bridgehead atoms. The Morgan fingerprint density at radius 2 is 2.09 bits per heavy atom. The fourth-order valence-corrected chi connectivity index (χ4v) is 3.32. The van der Waals surface area contributed by atoms with Gasteiger partial charge in [-0.1, -0.05) is 12.2 Å². The first-order chi connectivity index (χ1) is 10.8. The van der Waals surface area contributed by atoms with Crippen molar-refractivity contribution in [1.82, 2.24) is 14.9 Å². The third-order valence-electron chi connectivity index (χ3n) is 4.69. The highest BCUT2D eigenvalue weighted by Crippen LogP contribution is 2.26. The zero-order valence-corrected chi connectivity index (χ0v) is 13.3. The average molecular weight is 303 g/mol. The van der Waals surface area contributed by atoms with Gasteiger partial charge in [0.15, 0.2) is 0 Å². The van der Waals surface area contributed by atoms with Crippen molar-refractivity contribution in [2.24, 2.45) is 5.92 Å². The topological polar surface area (TPSA) is 56.1 Å². The van der Waals surface area contributed by atoms with E-state index in [4.69, 9.17) is 4.74 Å². The molecular weight excluding hydrogens is 278 g/mol. The van der Waals surface area contributed by atoms with Crippen molar-refractivity contribution in [3.63, 3.8) is 0 Å². The average Bonchev–Trinajstić information content (AvgIpc) is 3.19. The maximum atomic E-state index is 12.1. The van der Waals surface area contributed by atoms with Gasteiger partial charge >= 0.3 is 0 Å². The summed E-state index contributed by atoms with van der Waals surface area (Å²) in [5.41, 5.74) is 1.17. The highest BCUT2D eigenvalue weighted by Gasteiger charge is 2.22. The summed E-state index contributed by atoms with van der Waals surface area (Å²) in [6.07, 6.45) is 9.95. The summed E-state index contributed by atoms with van der Waals surface area (Å²) in [6.45, 7) is 5.19. The Morgan fingerprint density at radius 1 is 1.36 bits per heavy atom. The quantitative estimate of drug-likeness (QED) is 0.848. The highest BCUT2D eigenvalue weighted by atomic mass is 16.5. The van der Waals surface area contributed by atoms with Crippen LogP contribution in [0.25, 0.3) is 0 Å². The van der Waals surface area contributed by atoms with Crippen LogP contribution in [0, 0.1) is 12.8 Å². The number of carbonyl (C=O) groups excluding carboxylic acids is 1. The molecule has 5 heteroatoms. The molecule has 1 N–H and O–H groups in total. The molecule has 0 spiro atoms. The zero-order chi connectivity index (χ0) is 15.4. The van der Waals surface area contributed by atoms with Crippen molar-refractivity contribution < 1.29 is 9.53 Å². The Bertz CT molecular complexity index is 536. The van der Waals surface area contributed by atoms with Crippen molar-refractivity contribution in [1.29, 1.82) is 0 Å². The maximum absolute atomic E-state index is 12.1. The van der Waals surface area contributed by atoms with E-state index >= 15 is 0 Å². The van der Waals surface area contributed by atoms with Gasteiger partial charge in [0.1, 0.15) is 5.82 Å². The first-order valence-electron chi connectivity index (χ1n) is 8.28. The van der Waals surface area contributed by atoms with Crippen molar-refractivity contribution in [2.75, 3.05) is 19.8 Å². The van der Waals surface area contributed by atoms with Crippen LogP contribution in [0.5, 0.6) is 0 Å². The van der Waals surface area contributed by atoms with Gasteiger partial charge in [0.25, 0.3) is 0 Å². The van der Waals surface area contributed by atoms with Crippen LogP contribution in [-0.4, -0.2) is 35.2 Å². The second-order valence-corrected chi connectivity index (χ2v) is 6.23. The molecule has 1 aliphatic carbocycles. The van der Waals surface area contributed by atoms with Crippen LogP contribution in [0.15, 0.2) is 18.3 Å². The Morgan fingerprint density at radius 3 is 2.82 bits per heavy atom. The number of rotatable bonds is 5. The standard InChI is InChI=1S/C17H25N3O2/c1-13-12-19-16(14-6-10-22-11-7-14)20(13)9-8-18-17(21)15-4-2-3-5-15/h2-3,12,14-15H,4-11H2,1H3,(H,18,21). The SMILES string of the molecule is Cc1cnc(C2CCOCC2)n1CCNC(=O)C1CC=CC1. The molecule has 5 nitrogen and oxygen atoms in total. The predicted octanol–water partition coefficient (Wildman–Crippen LogP) is 2.17. The number of hydrogen-bond donors (Lipinski definition) is 1. The Hall–Kier alpha value is -1.62. The van der Waals surface area contributed by atoms with E-state index in [-0.39, 0.29) is 11.8 Å². The summed E-state index contributed by atoms with van der Waals surface area (Å²) in [6, 6.07) is 0. The predicted molar refractivity (Wildman–Crippen MR) is 84.6 cm³/mol. The molecule has 1 aromatic rings. The molecular formula is C17H25N3O2. The van der Waals surface area contributed by atoms with E-state index in [0.29, 0.717) is 12.5 Å². The van der Waals surface area contributed by atoms with Crippen LogP contribution < -0.4 is 5.32 Å². The largest absolute Gasteiger partial charge is 0.381 e. The number of amides is 1. The van der Waals surface area contributed by atoms with E-state index in [0.717, 1.165) is 51.3 Å². The number of nitrogens with zero attached hydrogens (tertiary/aromatic N) is 2. The molecule has 1 aliphatic heterocycles. The lowest BCUT2D eigenvalue weighted by Gasteiger charge is -2.23. The minimum atomic E-state index is 0.138. The number of ether oxygens (including phenoxy) is 1. The smallest absolute Gasteiger partial charge is 0.223 e. The minimum Gasteiger partial charge on any atom is -0.381 e. The molecule has 1 saturated heterocycles. The van der Waals surface area contributed by atoms with Gasteiger partial charge in [-0.15, -0.1) is 0 Å². The monoisotopic (exact) mass is 303 g/mol. The number of imidazole rings is 1. The lowest BCUT2D eigenvalue weighted by molar-refractivity contribution is -0.124. The number of carbonyl (C=O) groups is 1. The molecule has 2 aliphatic rings. The third-order valence-corrected chi connectivity index (χ3v) is 4.69. The first-order valence-corrected chi connectivity index (χ1v) is 8.28. The molecule has 0 radical (unpaired) electrons. The molecule has 1 amide bonds. The van der Waals surface area contributed by atoms with Crippen LogP contribution in [0.4, 0.5) is 0 Å². The normalized spacial score (nSPS) is 19.7. The Kier molecular flexibility index (Phi) is 4.93. The second kappa shape index (κ2) is 7.09. The van der Waals surface area contributed by atoms with Gasteiger partial charge in [-0.2, -0.15) is 0 Å². The number of nitrogens with one attached hydrogen (secondary N) is 1. The van der Waals surface area contributed by atoms with Crippen molar-refractivity contribution in [2.45, 2.75) is 45.1 Å². The molecule has 1 aromatic heterocycles. The van der Waals surface area contributed by atoms with Gasteiger partial charge in [0, 0.05) is 50.0 Å². The summed E-state index contributed by atoms with van der Waals surface area (Å²) < 4.78 is 7.69. The molecule has 1 fully saturated rings. The van der Waals surface area contributed by atoms with Crippen LogP contribution in [0.3, 0.4) is 0 Å². The van der Waals surface area contributed by atoms with E-state index < -0.39 is 0 Å². The third kappa shape index (κ3) is 3.40. The molecule has 22 heavy (non-hydrogen) atoms. The van der Waals surface area contributed by atoms with Crippen LogP contribution in [0.2, 0.25) is 0 Å². The fourth-order valence-electron chi connectivity index (χ4n) is 3.32. The maximum Gasteiger partial charge on any atom is 0.223 e. The lowest BCUT2D eigenvalue weighted by atomic mass is 9.99. The molecule has 0 atom stereocenters. The lowest BCUT2D eigenvalue weighted by Crippen LogP contribution is -2.32. The number of aromatic nitrogens is 2.